The molecule has 4 rings (SSSR count). The molecule has 2 aliphatic rings. The quantitative estimate of drug-likeness (QED) is 0.595. The smallest absolute Gasteiger partial charge is 0.181 e. The summed E-state index contributed by atoms with van der Waals surface area (Å²) in [4.78, 5) is 13.2. The molecular formula is C25H26O6. The molecule has 2 heterocycles. The molecule has 0 amide bonds. The first-order chi connectivity index (χ1) is 14.7. The molecule has 162 valence electrons. The number of ether oxygens (including phenoxy) is 2. The molecule has 6 heteroatoms. The number of benzene rings is 2. The van der Waals surface area contributed by atoms with Crippen LogP contribution in [-0.2, 0) is 0 Å². The number of carbonyl (C=O) groups is 1. The second kappa shape index (κ2) is 7.69. The summed E-state index contributed by atoms with van der Waals surface area (Å²) >= 11 is 0. The summed E-state index contributed by atoms with van der Waals surface area (Å²) in [6, 6.07) is 5.71. The van der Waals surface area contributed by atoms with Crippen molar-refractivity contribution in [3.8, 4) is 28.7 Å². The normalized spacial score (nSPS) is 21.5. The number of Topliss-reactive ketones (excluding diaryl/α,β-unsaturated/α-hetero) is 1. The third kappa shape index (κ3) is 3.85. The molecule has 2 aromatic rings. The molecule has 2 aliphatic heterocycles. The number of carbonyl (C=O) groups excluding carboxylic acids is 1. The molecule has 0 spiro atoms. The fraction of sp³-hybridized carbons (Fsp3) is 0.320. The molecule has 0 aliphatic carbocycles. The van der Waals surface area contributed by atoms with E-state index < -0.39 is 11.5 Å². The fourth-order valence-corrected chi connectivity index (χ4v) is 4.04. The zero-order valence-corrected chi connectivity index (χ0v) is 17.8. The minimum Gasteiger partial charge on any atom is -0.508 e. The van der Waals surface area contributed by atoms with E-state index in [0.29, 0.717) is 16.9 Å². The Balaban J connectivity index is 1.66. The van der Waals surface area contributed by atoms with Gasteiger partial charge in [-0.2, -0.15) is 0 Å². The SMILES string of the molecule is CC(C)=CCC[C@]1(C)C=Cc2c(cc3c(c2O)C(=O)[C@H](c2ccc(O)cc2O)CO3)O1. The van der Waals surface area contributed by atoms with Crippen molar-refractivity contribution in [2.45, 2.75) is 45.1 Å². The van der Waals surface area contributed by atoms with Gasteiger partial charge in [0, 0.05) is 17.7 Å². The molecule has 0 fully saturated rings. The van der Waals surface area contributed by atoms with E-state index in [0.717, 1.165) is 12.8 Å². The van der Waals surface area contributed by atoms with Gasteiger partial charge in [0.1, 0.15) is 46.5 Å². The Morgan fingerprint density at radius 3 is 2.68 bits per heavy atom. The first-order valence-electron chi connectivity index (χ1n) is 10.3. The minimum atomic E-state index is -0.792. The van der Waals surface area contributed by atoms with Crippen LogP contribution in [0.2, 0.25) is 0 Å². The summed E-state index contributed by atoms with van der Waals surface area (Å²) in [5, 5.41) is 30.6. The molecule has 0 bridgehead atoms. The molecule has 0 unspecified atom stereocenters. The van der Waals surface area contributed by atoms with Crippen LogP contribution >= 0.6 is 0 Å². The monoisotopic (exact) mass is 422 g/mol. The predicted molar refractivity (Wildman–Crippen MR) is 117 cm³/mol. The lowest BCUT2D eigenvalue weighted by Crippen LogP contribution is -2.32. The molecule has 0 saturated heterocycles. The standard InChI is InChI=1S/C25H26O6/c1-14(2)5-4-9-25(3)10-8-17-20(31-25)12-21-22(23(17)28)24(29)18(13-30-21)16-7-6-15(26)11-19(16)27/h5-8,10-12,18,26-28H,4,9,13H2,1-3H3/t18-,25+/m0/s1. The van der Waals surface area contributed by atoms with Gasteiger partial charge in [0.15, 0.2) is 5.78 Å². The highest BCUT2D eigenvalue weighted by Gasteiger charge is 2.38. The highest BCUT2D eigenvalue weighted by atomic mass is 16.5. The van der Waals surface area contributed by atoms with Gasteiger partial charge in [0.2, 0.25) is 0 Å². The van der Waals surface area contributed by atoms with Gasteiger partial charge < -0.3 is 24.8 Å². The maximum Gasteiger partial charge on any atom is 0.181 e. The van der Waals surface area contributed by atoms with Crippen molar-refractivity contribution in [2.24, 2.45) is 0 Å². The van der Waals surface area contributed by atoms with Gasteiger partial charge in [0.25, 0.3) is 0 Å². The number of rotatable bonds is 4. The van der Waals surface area contributed by atoms with E-state index in [-0.39, 0.29) is 41.0 Å². The zero-order valence-electron chi connectivity index (χ0n) is 17.8. The van der Waals surface area contributed by atoms with Crippen molar-refractivity contribution in [1.29, 1.82) is 0 Å². The van der Waals surface area contributed by atoms with Crippen molar-refractivity contribution in [2.75, 3.05) is 6.61 Å². The van der Waals surface area contributed by atoms with Crippen molar-refractivity contribution in [3.63, 3.8) is 0 Å². The van der Waals surface area contributed by atoms with Crippen LogP contribution in [0.1, 0.15) is 61.0 Å². The Bertz CT molecular complexity index is 1110. The third-order valence-electron chi connectivity index (χ3n) is 5.76. The van der Waals surface area contributed by atoms with Crippen molar-refractivity contribution < 1.29 is 29.6 Å². The summed E-state index contributed by atoms with van der Waals surface area (Å²) in [7, 11) is 0. The number of fused-ring (bicyclic) bond motifs is 2. The summed E-state index contributed by atoms with van der Waals surface area (Å²) < 4.78 is 12.0. The van der Waals surface area contributed by atoms with Crippen LogP contribution < -0.4 is 9.47 Å². The molecule has 0 radical (unpaired) electrons. The molecule has 0 aromatic heterocycles. The number of allylic oxidation sites excluding steroid dienone is 2. The first-order valence-corrected chi connectivity index (χ1v) is 10.3. The number of phenols is 3. The van der Waals surface area contributed by atoms with E-state index in [1.165, 1.54) is 23.8 Å². The van der Waals surface area contributed by atoms with Gasteiger partial charge >= 0.3 is 0 Å². The van der Waals surface area contributed by atoms with E-state index in [1.807, 2.05) is 13.0 Å². The number of ketones is 1. The van der Waals surface area contributed by atoms with Gasteiger partial charge in [-0.15, -0.1) is 0 Å². The van der Waals surface area contributed by atoms with Crippen LogP contribution in [-0.4, -0.2) is 33.3 Å². The number of hydrogen-bond acceptors (Lipinski definition) is 6. The Labute approximate surface area is 181 Å². The molecule has 31 heavy (non-hydrogen) atoms. The fourth-order valence-electron chi connectivity index (χ4n) is 4.04. The van der Waals surface area contributed by atoms with Crippen LogP contribution in [0.25, 0.3) is 6.08 Å². The average molecular weight is 422 g/mol. The molecule has 0 saturated carbocycles. The van der Waals surface area contributed by atoms with Gasteiger partial charge in [-0.25, -0.2) is 0 Å². The largest absolute Gasteiger partial charge is 0.508 e. The maximum absolute atomic E-state index is 13.2. The van der Waals surface area contributed by atoms with Gasteiger partial charge in [-0.05, 0) is 51.8 Å². The van der Waals surface area contributed by atoms with Gasteiger partial charge in [-0.3, -0.25) is 4.79 Å². The zero-order chi connectivity index (χ0) is 22.3. The van der Waals surface area contributed by atoms with Crippen LogP contribution in [0.4, 0.5) is 0 Å². The molecular weight excluding hydrogens is 396 g/mol. The third-order valence-corrected chi connectivity index (χ3v) is 5.76. The van der Waals surface area contributed by atoms with Crippen LogP contribution in [0.3, 0.4) is 0 Å². The molecule has 6 nitrogen and oxygen atoms in total. The van der Waals surface area contributed by atoms with Gasteiger partial charge in [-0.1, -0.05) is 17.7 Å². The Hall–Kier alpha value is -3.41. The molecule has 3 N–H and O–H groups in total. The van der Waals surface area contributed by atoms with Crippen molar-refractivity contribution >= 4 is 11.9 Å². The number of aromatic hydroxyl groups is 3. The minimum absolute atomic E-state index is 0.00999. The Morgan fingerprint density at radius 2 is 1.97 bits per heavy atom. The number of hydrogen-bond donors (Lipinski definition) is 3. The summed E-state index contributed by atoms with van der Waals surface area (Å²) in [5.41, 5.74) is 1.56. The van der Waals surface area contributed by atoms with E-state index in [2.05, 4.69) is 19.9 Å². The Morgan fingerprint density at radius 1 is 1.19 bits per heavy atom. The van der Waals surface area contributed by atoms with Crippen LogP contribution in [0.15, 0.2) is 42.0 Å². The lowest BCUT2D eigenvalue weighted by atomic mass is 9.86. The second-order valence-electron chi connectivity index (χ2n) is 8.55. The van der Waals surface area contributed by atoms with Gasteiger partial charge in [0.05, 0.1) is 11.5 Å². The Kier molecular flexibility index (Phi) is 5.17. The highest BCUT2D eigenvalue weighted by molar-refractivity contribution is 6.08. The summed E-state index contributed by atoms with van der Waals surface area (Å²) in [6.07, 6.45) is 7.47. The molecule has 2 atom stereocenters. The lowest BCUT2D eigenvalue weighted by Gasteiger charge is -2.33. The first kappa shape index (κ1) is 20.8. The predicted octanol–water partition coefficient (Wildman–Crippen LogP) is 5.07. The number of phenolic OH excluding ortho intramolecular Hbond substituents is 3. The maximum atomic E-state index is 13.2. The summed E-state index contributed by atoms with van der Waals surface area (Å²) in [6.45, 7) is 6.10. The van der Waals surface area contributed by atoms with E-state index >= 15 is 0 Å². The molecule has 2 aromatic carbocycles. The topological polar surface area (TPSA) is 96.2 Å². The summed E-state index contributed by atoms with van der Waals surface area (Å²) in [5.74, 6) is -0.901. The van der Waals surface area contributed by atoms with Crippen LogP contribution in [0, 0.1) is 0 Å². The van der Waals surface area contributed by atoms with E-state index in [4.69, 9.17) is 9.47 Å². The second-order valence-corrected chi connectivity index (χ2v) is 8.55. The van der Waals surface area contributed by atoms with Crippen molar-refractivity contribution in [3.05, 3.63) is 58.7 Å². The lowest BCUT2D eigenvalue weighted by molar-refractivity contribution is 0.0887. The average Bonchev–Trinajstić information content (AvgIpc) is 2.68. The van der Waals surface area contributed by atoms with Crippen molar-refractivity contribution in [1.82, 2.24) is 0 Å². The van der Waals surface area contributed by atoms with E-state index in [1.54, 1.807) is 12.1 Å². The van der Waals surface area contributed by atoms with E-state index in [9.17, 15) is 20.1 Å². The van der Waals surface area contributed by atoms with Crippen LogP contribution in [0.5, 0.6) is 28.7 Å². The highest BCUT2D eigenvalue weighted by Crippen LogP contribution is 2.48.